The van der Waals surface area contributed by atoms with Crippen LogP contribution in [0.15, 0.2) is 24.3 Å². The summed E-state index contributed by atoms with van der Waals surface area (Å²) in [5.41, 5.74) is 7.71. The van der Waals surface area contributed by atoms with Crippen molar-refractivity contribution in [2.75, 3.05) is 0 Å². The lowest BCUT2D eigenvalue weighted by molar-refractivity contribution is -0.138. The van der Waals surface area contributed by atoms with Gasteiger partial charge in [0, 0.05) is 12.0 Å². The number of hydrogen-bond acceptors (Lipinski definition) is 2. The van der Waals surface area contributed by atoms with Crippen molar-refractivity contribution in [2.24, 2.45) is 5.73 Å². The molecule has 3 heteroatoms. The molecule has 0 aromatic heterocycles. The smallest absolute Gasteiger partial charge is 0.304 e. The summed E-state index contributed by atoms with van der Waals surface area (Å²) in [5.74, 6) is -0.695. The van der Waals surface area contributed by atoms with Gasteiger partial charge in [-0.3, -0.25) is 4.79 Å². The number of carboxylic acid groups (broad SMARTS) is 1. The number of carbonyl (C=O) groups is 1. The van der Waals surface area contributed by atoms with Crippen molar-refractivity contribution in [2.45, 2.75) is 50.5 Å². The lowest BCUT2D eigenvalue weighted by Crippen LogP contribution is -2.31. The largest absolute Gasteiger partial charge is 0.481 e. The van der Waals surface area contributed by atoms with E-state index in [0.29, 0.717) is 6.54 Å². The Morgan fingerprint density at radius 2 is 1.78 bits per heavy atom. The van der Waals surface area contributed by atoms with E-state index in [-0.39, 0.29) is 11.8 Å². The third-order valence-electron chi connectivity index (χ3n) is 4.10. The van der Waals surface area contributed by atoms with Gasteiger partial charge in [0.05, 0.1) is 6.42 Å². The van der Waals surface area contributed by atoms with Crippen molar-refractivity contribution in [1.82, 2.24) is 0 Å². The highest BCUT2D eigenvalue weighted by Gasteiger charge is 2.35. The molecule has 18 heavy (non-hydrogen) atoms. The molecule has 1 aliphatic rings. The topological polar surface area (TPSA) is 63.3 Å². The number of hydrogen-bond donors (Lipinski definition) is 2. The van der Waals surface area contributed by atoms with Crippen LogP contribution in [0.5, 0.6) is 0 Å². The number of rotatable bonds is 4. The first-order chi connectivity index (χ1) is 8.66. The Hall–Kier alpha value is -1.35. The van der Waals surface area contributed by atoms with Gasteiger partial charge in [0.15, 0.2) is 0 Å². The van der Waals surface area contributed by atoms with E-state index in [9.17, 15) is 9.90 Å². The second kappa shape index (κ2) is 5.53. The number of aliphatic carboxylic acids is 1. The van der Waals surface area contributed by atoms with E-state index < -0.39 is 5.97 Å². The molecule has 0 spiro atoms. The van der Waals surface area contributed by atoms with E-state index in [1.165, 1.54) is 12.0 Å². The molecule has 1 fully saturated rings. The van der Waals surface area contributed by atoms with Gasteiger partial charge in [-0.2, -0.15) is 0 Å². The zero-order valence-electron chi connectivity index (χ0n) is 10.7. The van der Waals surface area contributed by atoms with Crippen molar-refractivity contribution in [1.29, 1.82) is 0 Å². The molecule has 0 heterocycles. The molecule has 3 nitrogen and oxygen atoms in total. The summed E-state index contributed by atoms with van der Waals surface area (Å²) in [4.78, 5) is 11.1. The summed E-state index contributed by atoms with van der Waals surface area (Å²) >= 11 is 0. The van der Waals surface area contributed by atoms with Gasteiger partial charge in [0.1, 0.15) is 0 Å². The van der Waals surface area contributed by atoms with E-state index >= 15 is 0 Å². The van der Waals surface area contributed by atoms with Crippen LogP contribution in [0.25, 0.3) is 0 Å². The first-order valence-corrected chi connectivity index (χ1v) is 6.68. The molecule has 3 N–H and O–H groups in total. The van der Waals surface area contributed by atoms with Gasteiger partial charge < -0.3 is 10.8 Å². The quantitative estimate of drug-likeness (QED) is 0.860. The van der Waals surface area contributed by atoms with Gasteiger partial charge in [-0.15, -0.1) is 0 Å². The third-order valence-corrected chi connectivity index (χ3v) is 4.10. The fourth-order valence-corrected chi connectivity index (χ4v) is 3.08. The maximum Gasteiger partial charge on any atom is 0.304 e. The van der Waals surface area contributed by atoms with Crippen LogP contribution in [-0.4, -0.2) is 11.1 Å². The Balaban J connectivity index is 2.29. The highest BCUT2D eigenvalue weighted by Crippen LogP contribution is 2.42. The molecule has 1 saturated carbocycles. The van der Waals surface area contributed by atoms with Gasteiger partial charge >= 0.3 is 5.97 Å². The Kier molecular flexibility index (Phi) is 4.02. The third kappa shape index (κ3) is 2.72. The average Bonchev–Trinajstić information content (AvgIpc) is 2.39. The second-order valence-corrected chi connectivity index (χ2v) is 5.31. The Morgan fingerprint density at radius 1 is 1.17 bits per heavy atom. The van der Waals surface area contributed by atoms with E-state index in [0.717, 1.165) is 31.2 Å². The molecule has 1 aromatic carbocycles. The zero-order chi connectivity index (χ0) is 13.0. The van der Waals surface area contributed by atoms with Crippen molar-refractivity contribution >= 4 is 5.97 Å². The molecule has 0 aliphatic heterocycles. The molecule has 0 radical (unpaired) electrons. The summed E-state index contributed by atoms with van der Waals surface area (Å²) < 4.78 is 0. The maximum atomic E-state index is 11.1. The number of benzene rings is 1. The summed E-state index contributed by atoms with van der Waals surface area (Å²) in [5, 5.41) is 9.17. The molecule has 98 valence electrons. The van der Waals surface area contributed by atoms with Crippen LogP contribution < -0.4 is 5.73 Å². The predicted molar refractivity (Wildman–Crippen MR) is 71.3 cm³/mol. The molecule has 2 rings (SSSR count). The van der Waals surface area contributed by atoms with Gasteiger partial charge in [-0.05, 0) is 24.0 Å². The molecule has 0 saturated heterocycles. The lowest BCUT2D eigenvalue weighted by atomic mass is 9.67. The highest BCUT2D eigenvalue weighted by atomic mass is 16.4. The standard InChI is InChI=1S/C15H21NO2/c16-11-12-4-6-13(7-5-12)15(10-14(17)18)8-2-1-3-9-15/h4-7H,1-3,8-11,16H2,(H,17,18). The molecule has 1 aliphatic carbocycles. The Morgan fingerprint density at radius 3 is 2.28 bits per heavy atom. The molecule has 0 atom stereocenters. The number of nitrogens with two attached hydrogens (primary N) is 1. The minimum absolute atomic E-state index is 0.156. The van der Waals surface area contributed by atoms with Gasteiger partial charge in [0.2, 0.25) is 0 Å². The van der Waals surface area contributed by atoms with E-state index in [1.54, 1.807) is 0 Å². The highest BCUT2D eigenvalue weighted by molar-refractivity contribution is 5.69. The summed E-state index contributed by atoms with van der Waals surface area (Å²) in [7, 11) is 0. The lowest BCUT2D eigenvalue weighted by Gasteiger charge is -2.36. The second-order valence-electron chi connectivity index (χ2n) is 5.31. The van der Waals surface area contributed by atoms with Crippen LogP contribution in [0.2, 0.25) is 0 Å². The molecule has 0 bridgehead atoms. The van der Waals surface area contributed by atoms with Crippen LogP contribution in [-0.2, 0) is 16.8 Å². The number of carboxylic acids is 1. The van der Waals surface area contributed by atoms with Crippen LogP contribution in [0.3, 0.4) is 0 Å². The Labute approximate surface area is 108 Å². The van der Waals surface area contributed by atoms with Gasteiger partial charge in [0.25, 0.3) is 0 Å². The van der Waals surface area contributed by atoms with Crippen LogP contribution in [0.1, 0.15) is 49.7 Å². The van der Waals surface area contributed by atoms with E-state index in [4.69, 9.17) is 5.73 Å². The van der Waals surface area contributed by atoms with Gasteiger partial charge in [-0.1, -0.05) is 43.5 Å². The fraction of sp³-hybridized carbons (Fsp3) is 0.533. The van der Waals surface area contributed by atoms with Crippen LogP contribution >= 0.6 is 0 Å². The molecule has 0 amide bonds. The maximum absolute atomic E-state index is 11.1. The monoisotopic (exact) mass is 247 g/mol. The normalized spacial score (nSPS) is 18.5. The molecule has 0 unspecified atom stereocenters. The SMILES string of the molecule is NCc1ccc(C2(CC(=O)O)CCCCC2)cc1. The minimum Gasteiger partial charge on any atom is -0.481 e. The van der Waals surface area contributed by atoms with Crippen molar-refractivity contribution in [3.63, 3.8) is 0 Å². The zero-order valence-corrected chi connectivity index (χ0v) is 10.7. The van der Waals surface area contributed by atoms with Gasteiger partial charge in [-0.25, -0.2) is 0 Å². The molecular weight excluding hydrogens is 226 g/mol. The van der Waals surface area contributed by atoms with Crippen molar-refractivity contribution in [3.8, 4) is 0 Å². The first-order valence-electron chi connectivity index (χ1n) is 6.68. The predicted octanol–water partition coefficient (Wildman–Crippen LogP) is 2.82. The first kappa shape index (κ1) is 13.1. The summed E-state index contributed by atoms with van der Waals surface area (Å²) in [6, 6.07) is 8.17. The molecular formula is C15H21NO2. The van der Waals surface area contributed by atoms with Crippen LogP contribution in [0, 0.1) is 0 Å². The van der Waals surface area contributed by atoms with E-state index in [1.807, 2.05) is 12.1 Å². The fourth-order valence-electron chi connectivity index (χ4n) is 3.08. The molecule has 1 aromatic rings. The Bertz CT molecular complexity index is 405. The van der Waals surface area contributed by atoms with E-state index in [2.05, 4.69) is 12.1 Å². The van der Waals surface area contributed by atoms with Crippen molar-refractivity contribution < 1.29 is 9.90 Å². The minimum atomic E-state index is -0.695. The average molecular weight is 247 g/mol. The summed E-state index contributed by atoms with van der Waals surface area (Å²) in [6.45, 7) is 0.534. The van der Waals surface area contributed by atoms with Crippen molar-refractivity contribution in [3.05, 3.63) is 35.4 Å². The van der Waals surface area contributed by atoms with Crippen LogP contribution in [0.4, 0.5) is 0 Å². The summed E-state index contributed by atoms with van der Waals surface area (Å²) in [6.07, 6.45) is 5.71.